The van der Waals surface area contributed by atoms with Crippen LogP contribution in [0.3, 0.4) is 0 Å². The summed E-state index contributed by atoms with van der Waals surface area (Å²) < 4.78 is 0. The first-order valence-electron chi connectivity index (χ1n) is 9.57. The normalized spacial score (nSPS) is 19.3. The van der Waals surface area contributed by atoms with E-state index < -0.39 is 5.54 Å². The van der Waals surface area contributed by atoms with Crippen LogP contribution >= 0.6 is 12.4 Å². The van der Waals surface area contributed by atoms with Crippen LogP contribution < -0.4 is 4.90 Å². The number of amides is 3. The van der Waals surface area contributed by atoms with E-state index in [4.69, 9.17) is 0 Å². The zero-order valence-electron chi connectivity index (χ0n) is 15.8. The molecule has 0 unspecified atom stereocenters. The van der Waals surface area contributed by atoms with Crippen LogP contribution in [0.4, 0.5) is 10.5 Å². The molecule has 1 aliphatic heterocycles. The highest BCUT2D eigenvalue weighted by Gasteiger charge is 2.57. The first-order chi connectivity index (χ1) is 12.1. The van der Waals surface area contributed by atoms with Crippen LogP contribution in [0.5, 0.6) is 0 Å². The van der Waals surface area contributed by atoms with Crippen LogP contribution in [0.15, 0.2) is 30.3 Å². The monoisotopic (exact) mass is 379 g/mol. The van der Waals surface area contributed by atoms with Crippen LogP contribution in [0.2, 0.25) is 0 Å². The van der Waals surface area contributed by atoms with E-state index >= 15 is 0 Å². The molecule has 1 aromatic carbocycles. The van der Waals surface area contributed by atoms with E-state index in [1.54, 1.807) is 4.90 Å². The van der Waals surface area contributed by atoms with Gasteiger partial charge in [-0.3, -0.25) is 14.6 Å². The maximum absolute atomic E-state index is 13.3. The maximum atomic E-state index is 13.3. The summed E-state index contributed by atoms with van der Waals surface area (Å²) >= 11 is 0. The Kier molecular flexibility index (Phi) is 7.07. The van der Waals surface area contributed by atoms with E-state index in [9.17, 15) is 9.59 Å². The van der Waals surface area contributed by atoms with Gasteiger partial charge in [-0.2, -0.15) is 0 Å². The van der Waals surface area contributed by atoms with Gasteiger partial charge in [0.15, 0.2) is 0 Å². The SMILES string of the molecule is CCN(CC)CCN1C(=O)N(c2ccccc2)C2(CCCCC2)C1=O.Cl. The van der Waals surface area contributed by atoms with Crippen molar-refractivity contribution in [2.75, 3.05) is 31.1 Å². The molecule has 144 valence electrons. The Labute approximate surface area is 162 Å². The van der Waals surface area contributed by atoms with Crippen LogP contribution in [-0.2, 0) is 4.79 Å². The molecular formula is C20H30ClN3O2. The first kappa shape index (κ1) is 20.7. The molecule has 0 aromatic heterocycles. The number of hydrogen-bond acceptors (Lipinski definition) is 3. The fourth-order valence-electron chi connectivity index (χ4n) is 4.22. The van der Waals surface area contributed by atoms with Crippen molar-refractivity contribution >= 4 is 30.0 Å². The number of imide groups is 1. The smallest absolute Gasteiger partial charge is 0.302 e. The molecule has 5 nitrogen and oxygen atoms in total. The summed E-state index contributed by atoms with van der Waals surface area (Å²) in [6.45, 7) is 7.29. The number of carbonyl (C=O) groups excluding carboxylic acids is 2. The van der Waals surface area contributed by atoms with Gasteiger partial charge in [0.2, 0.25) is 0 Å². The number of halogens is 1. The second kappa shape index (κ2) is 8.87. The van der Waals surface area contributed by atoms with Crippen molar-refractivity contribution in [1.29, 1.82) is 0 Å². The molecule has 0 radical (unpaired) electrons. The maximum Gasteiger partial charge on any atom is 0.332 e. The predicted molar refractivity (Wildman–Crippen MR) is 107 cm³/mol. The molecule has 3 amide bonds. The van der Waals surface area contributed by atoms with Crippen molar-refractivity contribution in [1.82, 2.24) is 9.80 Å². The van der Waals surface area contributed by atoms with Crippen molar-refractivity contribution < 1.29 is 9.59 Å². The summed E-state index contributed by atoms with van der Waals surface area (Å²) in [7, 11) is 0. The molecule has 3 rings (SSSR count). The topological polar surface area (TPSA) is 43.9 Å². The third kappa shape index (κ3) is 3.60. The molecule has 26 heavy (non-hydrogen) atoms. The first-order valence-corrected chi connectivity index (χ1v) is 9.57. The molecule has 1 aromatic rings. The van der Waals surface area contributed by atoms with Crippen LogP contribution in [0.1, 0.15) is 46.0 Å². The van der Waals surface area contributed by atoms with Crippen molar-refractivity contribution in [2.45, 2.75) is 51.5 Å². The molecule has 1 saturated heterocycles. The summed E-state index contributed by atoms with van der Waals surface area (Å²) in [5.74, 6) is 0.00760. The molecule has 2 aliphatic rings. The highest BCUT2D eigenvalue weighted by molar-refractivity contribution is 6.16. The number of urea groups is 1. The lowest BCUT2D eigenvalue weighted by molar-refractivity contribution is -0.132. The van der Waals surface area contributed by atoms with Crippen LogP contribution in [-0.4, -0.2) is 53.5 Å². The highest BCUT2D eigenvalue weighted by Crippen LogP contribution is 2.43. The fourth-order valence-corrected chi connectivity index (χ4v) is 4.22. The summed E-state index contributed by atoms with van der Waals surface area (Å²) in [6.07, 6.45) is 4.70. The number of benzene rings is 1. The number of rotatable bonds is 6. The van der Waals surface area contributed by atoms with Crippen molar-refractivity contribution in [3.05, 3.63) is 30.3 Å². The number of likely N-dealkylation sites (N-methyl/N-ethyl adjacent to an activating group) is 1. The van der Waals surface area contributed by atoms with E-state index in [1.807, 2.05) is 30.3 Å². The quantitative estimate of drug-likeness (QED) is 0.703. The number of anilines is 1. The average molecular weight is 380 g/mol. The summed E-state index contributed by atoms with van der Waals surface area (Å²) in [4.78, 5) is 32.0. The van der Waals surface area contributed by atoms with E-state index in [1.165, 1.54) is 4.90 Å². The second-order valence-corrected chi connectivity index (χ2v) is 7.03. The number of carbonyl (C=O) groups is 2. The van der Waals surface area contributed by atoms with Crippen molar-refractivity contribution in [3.63, 3.8) is 0 Å². The minimum absolute atomic E-state index is 0. The molecule has 1 saturated carbocycles. The number of nitrogens with zero attached hydrogens (tertiary/aromatic N) is 3. The number of hydrogen-bond donors (Lipinski definition) is 0. The largest absolute Gasteiger partial charge is 0.332 e. The molecule has 1 aliphatic carbocycles. The van der Waals surface area contributed by atoms with Gasteiger partial charge in [-0.15, -0.1) is 12.4 Å². The molecule has 6 heteroatoms. The Morgan fingerprint density at radius 2 is 1.62 bits per heavy atom. The van der Waals surface area contributed by atoms with Gasteiger partial charge in [0.25, 0.3) is 5.91 Å². The Bertz CT molecular complexity index is 613. The van der Waals surface area contributed by atoms with Crippen molar-refractivity contribution in [2.24, 2.45) is 0 Å². The van der Waals surface area contributed by atoms with Gasteiger partial charge in [0.1, 0.15) is 5.54 Å². The Morgan fingerprint density at radius 3 is 2.19 bits per heavy atom. The molecule has 2 fully saturated rings. The summed E-state index contributed by atoms with van der Waals surface area (Å²) in [5, 5.41) is 0. The summed E-state index contributed by atoms with van der Waals surface area (Å²) in [6, 6.07) is 9.54. The van der Waals surface area contributed by atoms with Gasteiger partial charge in [-0.05, 0) is 38.1 Å². The Hall–Kier alpha value is -1.59. The van der Waals surface area contributed by atoms with Crippen LogP contribution in [0.25, 0.3) is 0 Å². The third-order valence-electron chi connectivity index (χ3n) is 5.72. The molecular weight excluding hydrogens is 350 g/mol. The van der Waals surface area contributed by atoms with Crippen molar-refractivity contribution in [3.8, 4) is 0 Å². The highest BCUT2D eigenvalue weighted by atomic mass is 35.5. The molecule has 1 heterocycles. The molecule has 1 spiro atoms. The zero-order valence-corrected chi connectivity index (χ0v) is 16.6. The minimum atomic E-state index is -0.667. The lowest BCUT2D eigenvalue weighted by Gasteiger charge is -2.38. The van der Waals surface area contributed by atoms with Gasteiger partial charge >= 0.3 is 6.03 Å². The lowest BCUT2D eigenvalue weighted by atomic mass is 9.80. The van der Waals surface area contributed by atoms with E-state index in [2.05, 4.69) is 18.7 Å². The standard InChI is InChI=1S/C20H29N3O2.ClH/c1-3-21(4-2)15-16-22-18(24)20(13-9-6-10-14-20)23(19(22)25)17-11-7-5-8-12-17;/h5,7-8,11-12H,3-4,6,9-10,13-16H2,1-2H3;1H. The van der Waals surface area contributed by atoms with Gasteiger partial charge in [0.05, 0.1) is 0 Å². The second-order valence-electron chi connectivity index (χ2n) is 7.03. The number of para-hydroxylation sites is 1. The average Bonchev–Trinajstić information content (AvgIpc) is 2.85. The van der Waals surface area contributed by atoms with E-state index in [-0.39, 0.29) is 24.3 Å². The fraction of sp³-hybridized carbons (Fsp3) is 0.600. The van der Waals surface area contributed by atoms with Crippen LogP contribution in [0, 0.1) is 0 Å². The van der Waals surface area contributed by atoms with Gasteiger partial charge in [0, 0.05) is 18.8 Å². The summed E-state index contributed by atoms with van der Waals surface area (Å²) in [5.41, 5.74) is 0.174. The zero-order chi connectivity index (χ0) is 17.9. The van der Waals surface area contributed by atoms with Gasteiger partial charge in [-0.1, -0.05) is 51.3 Å². The molecule has 0 N–H and O–H groups in total. The minimum Gasteiger partial charge on any atom is -0.302 e. The van der Waals surface area contributed by atoms with Gasteiger partial charge < -0.3 is 4.90 Å². The lowest BCUT2D eigenvalue weighted by Crippen LogP contribution is -2.51. The molecule has 0 atom stereocenters. The molecule has 0 bridgehead atoms. The predicted octanol–water partition coefficient (Wildman–Crippen LogP) is 3.92. The van der Waals surface area contributed by atoms with E-state index in [0.29, 0.717) is 6.54 Å². The Morgan fingerprint density at radius 1 is 1.00 bits per heavy atom. The third-order valence-corrected chi connectivity index (χ3v) is 5.72. The van der Waals surface area contributed by atoms with E-state index in [0.717, 1.165) is 57.4 Å². The Balaban J connectivity index is 0.00000243. The van der Waals surface area contributed by atoms with Gasteiger partial charge in [-0.25, -0.2) is 4.79 Å².